The average molecular weight is 485 g/mol. The van der Waals surface area contributed by atoms with Gasteiger partial charge in [0.15, 0.2) is 0 Å². The summed E-state index contributed by atoms with van der Waals surface area (Å²) in [5, 5.41) is 0. The molecule has 0 atom stereocenters. The van der Waals surface area contributed by atoms with Crippen molar-refractivity contribution in [3.8, 4) is 0 Å². The van der Waals surface area contributed by atoms with Crippen molar-refractivity contribution in [2.75, 3.05) is 6.61 Å². The van der Waals surface area contributed by atoms with Crippen molar-refractivity contribution in [1.82, 2.24) is 1.33 Å². The lowest BCUT2D eigenvalue weighted by molar-refractivity contribution is 0.159. The van der Waals surface area contributed by atoms with Crippen molar-refractivity contribution in [2.45, 2.75) is 10.7 Å². The summed E-state index contributed by atoms with van der Waals surface area (Å²) in [6, 6.07) is 0. The molecular weight excluding hydrogens is 480 g/mol. The molecule has 0 aromatic heterocycles. The second kappa shape index (κ2) is 6.77. The van der Waals surface area contributed by atoms with Gasteiger partial charge in [0, 0.05) is 0 Å². The number of carbonyl (C=O) groups excluding carboxylic acids is 1. The second-order valence-corrected chi connectivity index (χ2v) is 8.35. The van der Waals surface area contributed by atoms with Crippen LogP contribution in [0, 0.1) is 0 Å². The van der Waals surface area contributed by atoms with E-state index in [-0.39, 0.29) is 6.61 Å². The standard InChI is InChI=1S/C5H5Cl3I2N2O2/c1-3(12(9)10)11-4(13)14-2-5(6,7)8/h2H2,1H3/b11-3-. The fourth-order valence-corrected chi connectivity index (χ4v) is 0.725. The van der Waals surface area contributed by atoms with Gasteiger partial charge in [0.2, 0.25) is 3.79 Å². The number of nitrogens with zero attached hydrogens (tertiary/aromatic N) is 2. The summed E-state index contributed by atoms with van der Waals surface area (Å²) in [4.78, 5) is 14.6. The molecule has 0 aromatic carbocycles. The second-order valence-electron chi connectivity index (χ2n) is 2.06. The number of carbonyl (C=O) groups is 1. The van der Waals surface area contributed by atoms with E-state index in [9.17, 15) is 4.79 Å². The van der Waals surface area contributed by atoms with E-state index < -0.39 is 9.89 Å². The molecule has 0 radical (unpaired) electrons. The lowest BCUT2D eigenvalue weighted by Crippen LogP contribution is -2.17. The third-order valence-corrected chi connectivity index (χ3v) is 2.58. The first-order chi connectivity index (χ1) is 6.22. The monoisotopic (exact) mass is 484 g/mol. The highest BCUT2D eigenvalue weighted by Crippen LogP contribution is 2.26. The molecule has 0 rings (SSSR count). The maximum Gasteiger partial charge on any atom is 0.435 e. The van der Waals surface area contributed by atoms with Gasteiger partial charge >= 0.3 is 6.09 Å². The highest BCUT2D eigenvalue weighted by molar-refractivity contribution is 14.2. The number of hydrogen-bond acceptors (Lipinski definition) is 2. The third kappa shape index (κ3) is 8.57. The first-order valence-corrected chi connectivity index (χ1v) is 6.19. The van der Waals surface area contributed by atoms with Crippen LogP contribution in [0.1, 0.15) is 6.92 Å². The van der Waals surface area contributed by atoms with Crippen molar-refractivity contribution < 1.29 is 9.53 Å². The van der Waals surface area contributed by atoms with Gasteiger partial charge in [0.05, 0.1) is 45.7 Å². The van der Waals surface area contributed by atoms with Crippen LogP contribution in [0.15, 0.2) is 4.99 Å². The highest BCUT2D eigenvalue weighted by atomic mass is 127. The molecule has 82 valence electrons. The Kier molecular flexibility index (Phi) is 7.38. The molecule has 0 aliphatic carbocycles. The van der Waals surface area contributed by atoms with Crippen LogP contribution in [-0.2, 0) is 4.74 Å². The van der Waals surface area contributed by atoms with Gasteiger partial charge in [-0.2, -0.15) is 4.99 Å². The summed E-state index contributed by atoms with van der Waals surface area (Å²) in [5.41, 5.74) is 0. The molecule has 0 aromatic rings. The first-order valence-electron chi connectivity index (χ1n) is 3.13. The lowest BCUT2D eigenvalue weighted by atomic mass is 10.7. The van der Waals surface area contributed by atoms with Crippen molar-refractivity contribution >= 4 is 92.5 Å². The maximum absolute atomic E-state index is 11.0. The molecule has 14 heavy (non-hydrogen) atoms. The van der Waals surface area contributed by atoms with Gasteiger partial charge in [-0.25, -0.2) is 6.12 Å². The van der Waals surface area contributed by atoms with Crippen LogP contribution in [0.25, 0.3) is 0 Å². The molecule has 0 N–H and O–H groups in total. The normalized spacial score (nSPS) is 12.6. The molecule has 9 heteroatoms. The number of amides is 1. The highest BCUT2D eigenvalue weighted by Gasteiger charge is 2.22. The van der Waals surface area contributed by atoms with Crippen LogP contribution in [-0.4, -0.2) is 23.7 Å². The number of hydrogen-bond donors (Lipinski definition) is 0. The smallest absolute Gasteiger partial charge is 0.435 e. The molecule has 0 bridgehead atoms. The van der Waals surface area contributed by atoms with Crippen LogP contribution >= 0.6 is 80.5 Å². The van der Waals surface area contributed by atoms with E-state index in [4.69, 9.17) is 34.8 Å². The Morgan fingerprint density at radius 3 is 2.36 bits per heavy atom. The molecule has 0 fully saturated rings. The maximum atomic E-state index is 11.0. The van der Waals surface area contributed by atoms with Gasteiger partial charge in [0.1, 0.15) is 12.4 Å². The fourth-order valence-electron chi connectivity index (χ4n) is 0.346. The predicted octanol–water partition coefficient (Wildman–Crippen LogP) is 3.91. The SMILES string of the molecule is C/C(=N/C(=O)OCC(Cl)(Cl)Cl)N(I)I. The summed E-state index contributed by atoms with van der Waals surface area (Å²) < 4.78 is 4.57. The van der Waals surface area contributed by atoms with E-state index in [0.717, 1.165) is 0 Å². The summed E-state index contributed by atoms with van der Waals surface area (Å²) in [7, 11) is 0. The first kappa shape index (κ1) is 15.3. The molecule has 1 amide bonds. The minimum Gasteiger partial charge on any atom is -0.443 e. The van der Waals surface area contributed by atoms with Gasteiger partial charge in [0.25, 0.3) is 0 Å². The van der Waals surface area contributed by atoms with Crippen LogP contribution in [0.3, 0.4) is 0 Å². The summed E-state index contributed by atoms with van der Waals surface area (Å²) in [5.74, 6) is 0.487. The minimum absolute atomic E-state index is 0.324. The fraction of sp³-hybridized carbons (Fsp3) is 0.600. The Morgan fingerprint density at radius 1 is 1.50 bits per heavy atom. The molecule has 0 aliphatic rings. The molecule has 0 heterocycles. The Bertz CT molecular complexity index is 242. The zero-order chi connectivity index (χ0) is 11.4. The van der Waals surface area contributed by atoms with E-state index >= 15 is 0 Å². The largest absolute Gasteiger partial charge is 0.443 e. The van der Waals surface area contributed by atoms with Gasteiger partial charge in [-0.3, -0.25) is 0 Å². The van der Waals surface area contributed by atoms with Crippen LogP contribution < -0.4 is 0 Å². The third-order valence-electron chi connectivity index (χ3n) is 0.857. The van der Waals surface area contributed by atoms with Crippen molar-refractivity contribution in [2.24, 2.45) is 4.99 Å². The number of aliphatic imine (C=N–C) groups is 1. The number of rotatable bonds is 1. The van der Waals surface area contributed by atoms with E-state index in [0.29, 0.717) is 5.84 Å². The van der Waals surface area contributed by atoms with E-state index in [1.807, 2.05) is 45.7 Å². The molecular formula is C5H5Cl3I2N2O2. The van der Waals surface area contributed by atoms with Crippen molar-refractivity contribution in [3.05, 3.63) is 0 Å². The summed E-state index contributed by atoms with van der Waals surface area (Å²) in [6.07, 6.45) is -0.785. The molecule has 0 saturated heterocycles. The van der Waals surface area contributed by atoms with E-state index in [1.54, 1.807) is 8.25 Å². The van der Waals surface area contributed by atoms with E-state index in [1.165, 1.54) is 0 Å². The van der Waals surface area contributed by atoms with Gasteiger partial charge in [-0.1, -0.05) is 34.8 Å². The number of ether oxygens (including phenoxy) is 1. The van der Waals surface area contributed by atoms with Crippen LogP contribution in [0.2, 0.25) is 0 Å². The number of alkyl halides is 3. The van der Waals surface area contributed by atoms with Gasteiger partial charge < -0.3 is 4.74 Å². The zero-order valence-electron chi connectivity index (χ0n) is 6.81. The van der Waals surface area contributed by atoms with Crippen molar-refractivity contribution in [1.29, 1.82) is 0 Å². The summed E-state index contributed by atoms with van der Waals surface area (Å²) in [6.45, 7) is 1.32. The molecule has 0 saturated carbocycles. The molecule has 0 spiro atoms. The number of amidine groups is 1. The topological polar surface area (TPSA) is 41.9 Å². The average Bonchev–Trinajstić information content (AvgIpc) is 1.99. The zero-order valence-corrected chi connectivity index (χ0v) is 13.4. The Balaban J connectivity index is 4.06. The predicted molar refractivity (Wildman–Crippen MR) is 74.6 cm³/mol. The van der Waals surface area contributed by atoms with Gasteiger partial charge in [-0.15, -0.1) is 0 Å². The number of halogens is 5. The quantitative estimate of drug-likeness (QED) is 0.186. The van der Waals surface area contributed by atoms with Crippen molar-refractivity contribution in [3.63, 3.8) is 0 Å². The Labute approximate surface area is 124 Å². The molecule has 4 nitrogen and oxygen atoms in total. The minimum atomic E-state index is -1.60. The lowest BCUT2D eigenvalue weighted by Gasteiger charge is -2.10. The summed E-state index contributed by atoms with van der Waals surface area (Å²) >= 11 is 20.0. The Hall–Kier alpha value is 1.27. The molecule has 0 aliphatic heterocycles. The van der Waals surface area contributed by atoms with Gasteiger partial charge in [-0.05, 0) is 6.92 Å². The van der Waals surface area contributed by atoms with Crippen LogP contribution in [0.4, 0.5) is 4.79 Å². The molecule has 0 unspecified atom stereocenters. The van der Waals surface area contributed by atoms with E-state index in [2.05, 4.69) is 9.73 Å². The van der Waals surface area contributed by atoms with Crippen LogP contribution in [0.5, 0.6) is 0 Å². The Morgan fingerprint density at radius 2 is 2.00 bits per heavy atom.